The minimum absolute atomic E-state index is 0.0486. The average Bonchev–Trinajstić information content (AvgIpc) is 3.57. The summed E-state index contributed by atoms with van der Waals surface area (Å²) in [5, 5.41) is 10.9. The Labute approximate surface area is 188 Å². The van der Waals surface area contributed by atoms with E-state index in [1.807, 2.05) is 6.26 Å². The monoisotopic (exact) mass is 451 g/mol. The van der Waals surface area contributed by atoms with Crippen molar-refractivity contribution in [2.75, 3.05) is 12.1 Å². The van der Waals surface area contributed by atoms with Crippen molar-refractivity contribution in [3.05, 3.63) is 29.8 Å². The Morgan fingerprint density at radius 2 is 1.71 bits per heavy atom. The minimum atomic E-state index is -0.856. The number of hydrogen-bond acceptors (Lipinski definition) is 8. The lowest BCUT2D eigenvalue weighted by Gasteiger charge is -2.30. The first-order chi connectivity index (χ1) is 14.7. The summed E-state index contributed by atoms with van der Waals surface area (Å²) in [6.45, 7) is 5.27. The van der Waals surface area contributed by atoms with Crippen molar-refractivity contribution >= 4 is 23.9 Å². The van der Waals surface area contributed by atoms with Crippen LogP contribution in [-0.4, -0.2) is 52.2 Å². The number of nitrogens with zero attached hydrogens (tertiary/aromatic N) is 1. The molecule has 0 unspecified atom stereocenters. The highest BCUT2D eigenvalue weighted by atomic mass is 32.2. The molecule has 2 fully saturated rings. The van der Waals surface area contributed by atoms with Gasteiger partial charge in [0, 0.05) is 6.42 Å². The van der Waals surface area contributed by atoms with Crippen LogP contribution in [0, 0.1) is 11.8 Å². The number of thioether (sulfide) groups is 1. The molecule has 2 aliphatic rings. The Bertz CT molecular complexity index is 742. The molecular weight excluding hydrogens is 418 g/mol. The van der Waals surface area contributed by atoms with Gasteiger partial charge in [0.15, 0.2) is 0 Å². The number of carbonyl (C=O) groups excluding carboxylic acids is 2. The SMILES string of the molecule is CSCN(OC(=O)OC(C)(C)C)[C@H](Cc1ccc(O)cc1)C(=O)OC(C1CC1)C1CC1. The second kappa shape index (κ2) is 10.1. The van der Waals surface area contributed by atoms with Crippen LogP contribution in [0.15, 0.2) is 24.3 Å². The first kappa shape index (κ1) is 23.7. The third-order valence-corrected chi connectivity index (χ3v) is 5.76. The van der Waals surface area contributed by atoms with Gasteiger partial charge in [-0.2, -0.15) is 0 Å². The second-order valence-corrected chi connectivity index (χ2v) is 10.2. The van der Waals surface area contributed by atoms with Gasteiger partial charge in [-0.1, -0.05) is 12.1 Å². The molecule has 3 rings (SSSR count). The number of esters is 1. The highest BCUT2D eigenvalue weighted by Gasteiger charge is 2.45. The molecule has 2 saturated carbocycles. The Hall–Kier alpha value is -1.93. The van der Waals surface area contributed by atoms with Gasteiger partial charge in [0.2, 0.25) is 0 Å². The standard InChI is InChI=1S/C23H33NO6S/c1-23(2,3)29-22(27)30-24(14-31-4)19(13-15-5-11-18(25)12-6-15)21(26)28-20(16-7-8-16)17-9-10-17/h5-6,11-12,16-17,19-20,25H,7-10,13-14H2,1-4H3/t19-/m1/s1. The molecule has 7 nitrogen and oxygen atoms in total. The smallest absolute Gasteiger partial charge is 0.508 e. The quantitative estimate of drug-likeness (QED) is 0.316. The summed E-state index contributed by atoms with van der Waals surface area (Å²) >= 11 is 1.43. The second-order valence-electron chi connectivity index (χ2n) is 9.35. The summed E-state index contributed by atoms with van der Waals surface area (Å²) in [7, 11) is 0. The molecule has 1 aromatic rings. The summed E-state index contributed by atoms with van der Waals surface area (Å²) in [4.78, 5) is 31.1. The van der Waals surface area contributed by atoms with Crippen LogP contribution < -0.4 is 0 Å². The number of ether oxygens (including phenoxy) is 2. The zero-order valence-electron chi connectivity index (χ0n) is 18.7. The lowest BCUT2D eigenvalue weighted by atomic mass is 10.1. The highest BCUT2D eigenvalue weighted by molar-refractivity contribution is 7.98. The van der Waals surface area contributed by atoms with Crippen molar-refractivity contribution in [2.24, 2.45) is 11.8 Å². The summed E-state index contributed by atoms with van der Waals surface area (Å²) < 4.78 is 11.3. The lowest BCUT2D eigenvalue weighted by molar-refractivity contribution is -0.186. The number of rotatable bonds is 10. The Kier molecular flexibility index (Phi) is 7.75. The molecular formula is C23H33NO6S. The van der Waals surface area contributed by atoms with Crippen molar-refractivity contribution in [1.82, 2.24) is 5.06 Å². The number of aromatic hydroxyl groups is 1. The van der Waals surface area contributed by atoms with Crippen LogP contribution in [0.3, 0.4) is 0 Å². The van der Waals surface area contributed by atoms with Gasteiger partial charge in [-0.25, -0.2) is 4.79 Å². The molecule has 0 spiro atoms. The molecule has 0 aliphatic heterocycles. The van der Waals surface area contributed by atoms with Crippen molar-refractivity contribution in [2.45, 2.75) is 70.6 Å². The van der Waals surface area contributed by atoms with Gasteiger partial charge < -0.3 is 19.4 Å². The normalized spacial score (nSPS) is 17.5. The third-order valence-electron chi connectivity index (χ3n) is 5.25. The minimum Gasteiger partial charge on any atom is -0.508 e. The molecule has 0 radical (unpaired) electrons. The molecule has 0 heterocycles. The third kappa shape index (κ3) is 7.61. The van der Waals surface area contributed by atoms with E-state index in [1.165, 1.54) is 16.8 Å². The molecule has 172 valence electrons. The van der Waals surface area contributed by atoms with Crippen LogP contribution in [0.4, 0.5) is 4.79 Å². The number of phenolic OH excluding ortho intramolecular Hbond substituents is 1. The van der Waals surface area contributed by atoms with E-state index in [0.29, 0.717) is 11.8 Å². The summed E-state index contributed by atoms with van der Waals surface area (Å²) in [5.41, 5.74) is 0.117. The topological polar surface area (TPSA) is 85.3 Å². The lowest BCUT2D eigenvalue weighted by Crippen LogP contribution is -2.46. The highest BCUT2D eigenvalue weighted by Crippen LogP contribution is 2.46. The molecule has 1 atom stereocenters. The van der Waals surface area contributed by atoms with E-state index in [4.69, 9.17) is 14.3 Å². The zero-order chi connectivity index (χ0) is 22.6. The van der Waals surface area contributed by atoms with E-state index in [9.17, 15) is 14.7 Å². The van der Waals surface area contributed by atoms with Gasteiger partial charge in [0.25, 0.3) is 0 Å². The summed E-state index contributed by atoms with van der Waals surface area (Å²) in [6, 6.07) is 5.83. The van der Waals surface area contributed by atoms with Crippen LogP contribution in [0.1, 0.15) is 52.0 Å². The molecule has 0 saturated heterocycles. The first-order valence-electron chi connectivity index (χ1n) is 10.8. The maximum absolute atomic E-state index is 13.3. The van der Waals surface area contributed by atoms with Crippen LogP contribution in [0.25, 0.3) is 0 Å². The fourth-order valence-electron chi connectivity index (χ4n) is 3.47. The predicted octanol–water partition coefficient (Wildman–Crippen LogP) is 4.52. The molecule has 0 bridgehead atoms. The summed E-state index contributed by atoms with van der Waals surface area (Å²) in [5.74, 6) is 0.943. The van der Waals surface area contributed by atoms with Crippen LogP contribution >= 0.6 is 11.8 Å². The molecule has 1 aromatic carbocycles. The van der Waals surface area contributed by atoms with Gasteiger partial charge in [0.05, 0.1) is 5.88 Å². The number of hydrogen-bond donors (Lipinski definition) is 1. The molecule has 2 aliphatic carbocycles. The maximum atomic E-state index is 13.3. The number of phenols is 1. The molecule has 0 aromatic heterocycles. The maximum Gasteiger partial charge on any atom is 0.528 e. The fourth-order valence-corrected chi connectivity index (χ4v) is 3.96. The Morgan fingerprint density at radius 3 is 2.19 bits per heavy atom. The van der Waals surface area contributed by atoms with Gasteiger partial charge in [-0.15, -0.1) is 16.8 Å². The van der Waals surface area contributed by atoms with Crippen molar-refractivity contribution < 1.29 is 29.0 Å². The van der Waals surface area contributed by atoms with Crippen LogP contribution in [0.2, 0.25) is 0 Å². The molecule has 31 heavy (non-hydrogen) atoms. The van der Waals surface area contributed by atoms with E-state index >= 15 is 0 Å². The zero-order valence-corrected chi connectivity index (χ0v) is 19.5. The van der Waals surface area contributed by atoms with Crippen molar-refractivity contribution in [1.29, 1.82) is 0 Å². The molecule has 8 heteroatoms. The molecule has 1 N–H and O–H groups in total. The predicted molar refractivity (Wildman–Crippen MR) is 118 cm³/mol. The van der Waals surface area contributed by atoms with Gasteiger partial charge >= 0.3 is 12.1 Å². The Balaban J connectivity index is 1.77. The number of carbonyl (C=O) groups is 2. The van der Waals surface area contributed by atoms with Gasteiger partial charge in [-0.05, 0) is 82.2 Å². The largest absolute Gasteiger partial charge is 0.528 e. The van der Waals surface area contributed by atoms with Crippen LogP contribution in [0.5, 0.6) is 5.75 Å². The van der Waals surface area contributed by atoms with Gasteiger partial charge in [-0.3, -0.25) is 4.79 Å². The van der Waals surface area contributed by atoms with Gasteiger partial charge in [0.1, 0.15) is 23.5 Å². The molecule has 0 amide bonds. The number of benzene rings is 1. The summed E-state index contributed by atoms with van der Waals surface area (Å²) in [6.07, 6.45) is 5.63. The number of hydroxylamine groups is 2. The van der Waals surface area contributed by atoms with E-state index in [2.05, 4.69) is 0 Å². The average molecular weight is 452 g/mol. The van der Waals surface area contributed by atoms with Crippen LogP contribution in [-0.2, 0) is 25.5 Å². The van der Waals surface area contributed by atoms with E-state index in [0.717, 1.165) is 31.2 Å². The van der Waals surface area contributed by atoms with E-state index < -0.39 is 23.8 Å². The Morgan fingerprint density at radius 1 is 1.13 bits per heavy atom. The van der Waals surface area contributed by atoms with Crippen molar-refractivity contribution in [3.63, 3.8) is 0 Å². The van der Waals surface area contributed by atoms with E-state index in [1.54, 1.807) is 45.0 Å². The van der Waals surface area contributed by atoms with Crippen molar-refractivity contribution in [3.8, 4) is 5.75 Å². The fraction of sp³-hybridized carbons (Fsp3) is 0.652. The first-order valence-corrected chi connectivity index (χ1v) is 12.2. The van der Waals surface area contributed by atoms with E-state index in [-0.39, 0.29) is 24.2 Å².